The van der Waals surface area contributed by atoms with E-state index in [1.165, 1.54) is 6.07 Å². The summed E-state index contributed by atoms with van der Waals surface area (Å²) in [6, 6.07) is 12.0. The van der Waals surface area contributed by atoms with Gasteiger partial charge in [-0.25, -0.2) is 13.1 Å². The van der Waals surface area contributed by atoms with Gasteiger partial charge in [0.25, 0.3) is 5.91 Å². The Kier molecular flexibility index (Phi) is 6.44. The average Bonchev–Trinajstić information content (AvgIpc) is 3.50. The lowest BCUT2D eigenvalue weighted by atomic mass is 10.1. The molecule has 1 fully saturated rings. The van der Waals surface area contributed by atoms with E-state index < -0.39 is 10.0 Å². The van der Waals surface area contributed by atoms with Gasteiger partial charge in [-0.3, -0.25) is 4.79 Å². The van der Waals surface area contributed by atoms with E-state index in [4.69, 9.17) is 9.47 Å². The van der Waals surface area contributed by atoms with Crippen LogP contribution in [0.15, 0.2) is 47.4 Å². The molecule has 1 aliphatic rings. The molecule has 156 valence electrons. The molecule has 3 rings (SSSR count). The molecule has 1 aliphatic carbocycles. The number of ether oxygens (including phenoxy) is 2. The van der Waals surface area contributed by atoms with Crippen LogP contribution in [-0.4, -0.2) is 34.1 Å². The largest absolute Gasteiger partial charge is 0.497 e. The molecule has 1 amide bonds. The molecule has 0 saturated heterocycles. The highest BCUT2D eigenvalue weighted by Crippen LogP contribution is 2.25. The smallest absolute Gasteiger partial charge is 0.258 e. The van der Waals surface area contributed by atoms with Crippen molar-refractivity contribution in [3.8, 4) is 11.5 Å². The van der Waals surface area contributed by atoms with Crippen molar-refractivity contribution < 1.29 is 22.7 Å². The molecule has 2 aromatic carbocycles. The summed E-state index contributed by atoms with van der Waals surface area (Å²) in [5, 5.41) is 2.88. The number of carbonyl (C=O) groups excluding carboxylic acids is 1. The number of carbonyl (C=O) groups is 1. The third-order valence-electron chi connectivity index (χ3n) is 4.71. The van der Waals surface area contributed by atoms with Crippen LogP contribution in [0.5, 0.6) is 11.5 Å². The zero-order chi connectivity index (χ0) is 21.0. The normalized spacial score (nSPS) is 14.9. The molecule has 8 heteroatoms. The minimum absolute atomic E-state index is 0.0487. The van der Waals surface area contributed by atoms with Crippen molar-refractivity contribution in [2.45, 2.75) is 43.7 Å². The minimum atomic E-state index is -3.51. The van der Waals surface area contributed by atoms with Gasteiger partial charge in [-0.05, 0) is 68.1 Å². The molecule has 0 spiro atoms. The summed E-state index contributed by atoms with van der Waals surface area (Å²) < 4.78 is 37.9. The van der Waals surface area contributed by atoms with Crippen molar-refractivity contribution in [2.75, 3.05) is 13.7 Å². The fraction of sp³-hybridized carbons (Fsp3) is 0.381. The summed E-state index contributed by atoms with van der Waals surface area (Å²) in [4.78, 5) is 12.4. The maximum Gasteiger partial charge on any atom is 0.258 e. The van der Waals surface area contributed by atoms with Crippen LogP contribution in [-0.2, 0) is 14.8 Å². The van der Waals surface area contributed by atoms with Crippen LogP contribution in [0.4, 0.5) is 0 Å². The number of hydrogen-bond donors (Lipinski definition) is 2. The zero-order valence-electron chi connectivity index (χ0n) is 16.8. The molecule has 0 aliphatic heterocycles. The van der Waals surface area contributed by atoms with E-state index in [1.807, 2.05) is 31.2 Å². The number of methoxy groups -OCH3 is 1. The van der Waals surface area contributed by atoms with Gasteiger partial charge in [-0.15, -0.1) is 0 Å². The van der Waals surface area contributed by atoms with Crippen molar-refractivity contribution in [3.05, 3.63) is 53.6 Å². The number of rotatable bonds is 9. The van der Waals surface area contributed by atoms with Gasteiger partial charge in [0.2, 0.25) is 10.0 Å². The fourth-order valence-electron chi connectivity index (χ4n) is 2.84. The van der Waals surface area contributed by atoms with Gasteiger partial charge in [-0.1, -0.05) is 12.1 Å². The number of hydrogen-bond acceptors (Lipinski definition) is 5. The third-order valence-corrected chi connectivity index (χ3v) is 6.23. The lowest BCUT2D eigenvalue weighted by molar-refractivity contribution is -0.123. The first-order valence-corrected chi connectivity index (χ1v) is 11.0. The molecule has 0 radical (unpaired) electrons. The Hall–Kier alpha value is -2.58. The Morgan fingerprint density at radius 1 is 1.17 bits per heavy atom. The van der Waals surface area contributed by atoms with Crippen molar-refractivity contribution in [2.24, 2.45) is 0 Å². The van der Waals surface area contributed by atoms with Crippen molar-refractivity contribution in [1.29, 1.82) is 0 Å². The van der Waals surface area contributed by atoms with E-state index in [1.54, 1.807) is 26.2 Å². The highest BCUT2D eigenvalue weighted by molar-refractivity contribution is 7.89. The maximum absolute atomic E-state index is 12.3. The Morgan fingerprint density at radius 2 is 1.86 bits per heavy atom. The van der Waals surface area contributed by atoms with E-state index in [2.05, 4.69) is 10.0 Å². The van der Waals surface area contributed by atoms with Gasteiger partial charge < -0.3 is 14.8 Å². The molecule has 0 aromatic heterocycles. The molecule has 1 unspecified atom stereocenters. The van der Waals surface area contributed by atoms with E-state index in [-0.39, 0.29) is 29.5 Å². The monoisotopic (exact) mass is 418 g/mol. The van der Waals surface area contributed by atoms with Gasteiger partial charge in [0.05, 0.1) is 18.0 Å². The Bertz CT molecular complexity index is 969. The lowest BCUT2D eigenvalue weighted by Gasteiger charge is -2.16. The Morgan fingerprint density at radius 3 is 2.45 bits per heavy atom. The highest BCUT2D eigenvalue weighted by atomic mass is 32.2. The SMILES string of the molecule is COc1ccc(C(C)NC(=O)COc2ccc(S(=O)(=O)NC3CC3)cc2C)cc1. The second-order valence-electron chi connectivity index (χ2n) is 7.17. The second kappa shape index (κ2) is 8.84. The van der Waals surface area contributed by atoms with E-state index in [0.717, 1.165) is 24.2 Å². The number of aryl methyl sites for hydroxylation is 1. The van der Waals surface area contributed by atoms with Crippen LogP contribution < -0.4 is 19.5 Å². The first-order valence-electron chi connectivity index (χ1n) is 9.47. The Balaban J connectivity index is 1.55. The number of sulfonamides is 1. The molecule has 2 N–H and O–H groups in total. The van der Waals surface area contributed by atoms with Crippen LogP contribution in [0, 0.1) is 6.92 Å². The number of benzene rings is 2. The van der Waals surface area contributed by atoms with Crippen LogP contribution in [0.3, 0.4) is 0 Å². The first-order chi connectivity index (χ1) is 13.8. The molecular weight excluding hydrogens is 392 g/mol. The topological polar surface area (TPSA) is 93.7 Å². The predicted molar refractivity (Wildman–Crippen MR) is 110 cm³/mol. The summed E-state index contributed by atoms with van der Waals surface area (Å²) in [6.07, 6.45) is 1.76. The molecule has 29 heavy (non-hydrogen) atoms. The standard InChI is InChI=1S/C21H26N2O5S/c1-14-12-19(29(25,26)23-17-6-7-17)10-11-20(14)28-13-21(24)22-15(2)16-4-8-18(27-3)9-5-16/h4-5,8-12,15,17,23H,6-7,13H2,1-3H3,(H,22,24). The molecule has 0 heterocycles. The molecular formula is C21H26N2O5S. The van der Waals surface area contributed by atoms with Crippen LogP contribution in [0.1, 0.15) is 36.9 Å². The molecule has 0 bridgehead atoms. The van der Waals surface area contributed by atoms with Gasteiger partial charge in [0, 0.05) is 6.04 Å². The quantitative estimate of drug-likeness (QED) is 0.653. The van der Waals surface area contributed by atoms with E-state index in [0.29, 0.717) is 11.3 Å². The van der Waals surface area contributed by atoms with E-state index in [9.17, 15) is 13.2 Å². The van der Waals surface area contributed by atoms with Crippen molar-refractivity contribution in [3.63, 3.8) is 0 Å². The van der Waals surface area contributed by atoms with Crippen molar-refractivity contribution >= 4 is 15.9 Å². The molecule has 2 aromatic rings. The minimum Gasteiger partial charge on any atom is -0.497 e. The number of amides is 1. The molecule has 7 nitrogen and oxygen atoms in total. The summed E-state index contributed by atoms with van der Waals surface area (Å²) >= 11 is 0. The van der Waals surface area contributed by atoms with E-state index >= 15 is 0 Å². The highest BCUT2D eigenvalue weighted by Gasteiger charge is 2.28. The van der Waals surface area contributed by atoms with Gasteiger partial charge in [0.15, 0.2) is 6.61 Å². The van der Waals surface area contributed by atoms with Crippen LogP contribution in [0.25, 0.3) is 0 Å². The summed E-state index contributed by atoms with van der Waals surface area (Å²) in [5.74, 6) is 0.964. The second-order valence-corrected chi connectivity index (χ2v) is 8.89. The lowest BCUT2D eigenvalue weighted by Crippen LogP contribution is -2.31. The predicted octanol–water partition coefficient (Wildman–Crippen LogP) is 2.70. The molecule has 1 atom stereocenters. The summed E-state index contributed by atoms with van der Waals surface area (Å²) in [7, 11) is -1.91. The average molecular weight is 419 g/mol. The van der Waals surface area contributed by atoms with Crippen LogP contribution >= 0.6 is 0 Å². The summed E-state index contributed by atoms with van der Waals surface area (Å²) in [6.45, 7) is 3.48. The molecule has 1 saturated carbocycles. The zero-order valence-corrected chi connectivity index (χ0v) is 17.6. The number of nitrogens with one attached hydrogen (secondary N) is 2. The summed E-state index contributed by atoms with van der Waals surface area (Å²) in [5.41, 5.74) is 1.60. The fourth-order valence-corrected chi connectivity index (χ4v) is 4.23. The van der Waals surface area contributed by atoms with Crippen molar-refractivity contribution in [1.82, 2.24) is 10.0 Å². The first kappa shape index (κ1) is 21.1. The van der Waals surface area contributed by atoms with Gasteiger partial charge in [0.1, 0.15) is 11.5 Å². The maximum atomic E-state index is 12.3. The third kappa shape index (κ3) is 5.71. The van der Waals surface area contributed by atoms with Gasteiger partial charge in [-0.2, -0.15) is 0 Å². The van der Waals surface area contributed by atoms with Gasteiger partial charge >= 0.3 is 0 Å². The van der Waals surface area contributed by atoms with Crippen LogP contribution in [0.2, 0.25) is 0 Å². The Labute approximate surface area is 171 Å².